The van der Waals surface area contributed by atoms with Gasteiger partial charge in [-0.1, -0.05) is 18.2 Å². The third-order valence-electron chi connectivity index (χ3n) is 3.61. The van der Waals surface area contributed by atoms with Crippen molar-refractivity contribution in [2.24, 2.45) is 0 Å². The SMILES string of the molecule is CCOc1cc(NC2CCOc3ccccc32)ccc1N. The van der Waals surface area contributed by atoms with Gasteiger partial charge in [0.15, 0.2) is 0 Å². The topological polar surface area (TPSA) is 56.5 Å². The van der Waals surface area contributed by atoms with Crippen LogP contribution in [0.4, 0.5) is 11.4 Å². The summed E-state index contributed by atoms with van der Waals surface area (Å²) in [4.78, 5) is 0. The van der Waals surface area contributed by atoms with Gasteiger partial charge in [-0.15, -0.1) is 0 Å². The largest absolute Gasteiger partial charge is 0.493 e. The Bertz CT molecular complexity index is 628. The summed E-state index contributed by atoms with van der Waals surface area (Å²) in [7, 11) is 0. The van der Waals surface area contributed by atoms with E-state index in [9.17, 15) is 0 Å². The van der Waals surface area contributed by atoms with Crippen molar-refractivity contribution in [1.82, 2.24) is 0 Å². The summed E-state index contributed by atoms with van der Waals surface area (Å²) < 4.78 is 11.2. The highest BCUT2D eigenvalue weighted by molar-refractivity contribution is 5.62. The van der Waals surface area contributed by atoms with Gasteiger partial charge in [-0.2, -0.15) is 0 Å². The van der Waals surface area contributed by atoms with Gasteiger partial charge in [0.25, 0.3) is 0 Å². The molecule has 1 heterocycles. The van der Waals surface area contributed by atoms with Gasteiger partial charge in [0.1, 0.15) is 11.5 Å². The maximum absolute atomic E-state index is 5.91. The Hall–Kier alpha value is -2.36. The molecular weight excluding hydrogens is 264 g/mol. The lowest BCUT2D eigenvalue weighted by atomic mass is 10.0. The Morgan fingerprint density at radius 2 is 2.14 bits per heavy atom. The van der Waals surface area contributed by atoms with E-state index < -0.39 is 0 Å². The molecule has 4 heteroatoms. The molecule has 0 saturated carbocycles. The molecule has 1 atom stereocenters. The first-order valence-corrected chi connectivity index (χ1v) is 7.28. The first-order valence-electron chi connectivity index (χ1n) is 7.28. The van der Waals surface area contributed by atoms with Gasteiger partial charge in [-0.3, -0.25) is 0 Å². The smallest absolute Gasteiger partial charge is 0.144 e. The highest BCUT2D eigenvalue weighted by Gasteiger charge is 2.20. The zero-order valence-corrected chi connectivity index (χ0v) is 12.1. The third kappa shape index (κ3) is 2.89. The zero-order chi connectivity index (χ0) is 14.7. The van der Waals surface area contributed by atoms with Gasteiger partial charge in [-0.25, -0.2) is 0 Å². The lowest BCUT2D eigenvalue weighted by Crippen LogP contribution is -2.20. The van der Waals surface area contributed by atoms with Crippen LogP contribution in [0.5, 0.6) is 11.5 Å². The number of anilines is 2. The van der Waals surface area contributed by atoms with Gasteiger partial charge < -0.3 is 20.5 Å². The standard InChI is InChI=1S/C17H20N2O2/c1-2-20-17-11-12(7-8-14(17)18)19-15-9-10-21-16-6-4-3-5-13(15)16/h3-8,11,15,19H,2,9-10,18H2,1H3. The van der Waals surface area contributed by atoms with Gasteiger partial charge in [0, 0.05) is 23.7 Å². The van der Waals surface area contributed by atoms with E-state index in [1.165, 1.54) is 5.56 Å². The van der Waals surface area contributed by atoms with E-state index in [0.717, 1.165) is 30.2 Å². The molecule has 4 nitrogen and oxygen atoms in total. The van der Waals surface area contributed by atoms with Crippen LogP contribution in [0.1, 0.15) is 24.9 Å². The molecule has 21 heavy (non-hydrogen) atoms. The van der Waals surface area contributed by atoms with Crippen molar-refractivity contribution in [3.63, 3.8) is 0 Å². The van der Waals surface area contributed by atoms with Crippen molar-refractivity contribution in [3.05, 3.63) is 48.0 Å². The molecule has 0 saturated heterocycles. The molecule has 110 valence electrons. The van der Waals surface area contributed by atoms with Crippen LogP contribution in [0.3, 0.4) is 0 Å². The molecule has 3 rings (SSSR count). The van der Waals surface area contributed by atoms with Crippen molar-refractivity contribution in [3.8, 4) is 11.5 Å². The summed E-state index contributed by atoms with van der Waals surface area (Å²) in [5.41, 5.74) is 8.78. The quantitative estimate of drug-likeness (QED) is 0.842. The fourth-order valence-corrected chi connectivity index (χ4v) is 2.60. The normalized spacial score (nSPS) is 16.7. The minimum absolute atomic E-state index is 0.244. The summed E-state index contributed by atoms with van der Waals surface area (Å²) >= 11 is 0. The van der Waals surface area contributed by atoms with Gasteiger partial charge in [0.05, 0.1) is 24.9 Å². The molecule has 0 radical (unpaired) electrons. The maximum atomic E-state index is 5.91. The third-order valence-corrected chi connectivity index (χ3v) is 3.61. The molecule has 1 unspecified atom stereocenters. The van der Waals surface area contributed by atoms with Crippen molar-refractivity contribution in [2.75, 3.05) is 24.3 Å². The molecule has 0 aromatic heterocycles. The van der Waals surface area contributed by atoms with Crippen LogP contribution < -0.4 is 20.5 Å². The molecule has 0 spiro atoms. The molecule has 1 aliphatic rings. The summed E-state index contributed by atoms with van der Waals surface area (Å²) in [5.74, 6) is 1.68. The fraction of sp³-hybridized carbons (Fsp3) is 0.294. The van der Waals surface area contributed by atoms with E-state index in [1.807, 2.05) is 43.3 Å². The van der Waals surface area contributed by atoms with Crippen LogP contribution in [-0.4, -0.2) is 13.2 Å². The molecular formula is C17H20N2O2. The fourth-order valence-electron chi connectivity index (χ4n) is 2.60. The Morgan fingerprint density at radius 3 is 3.00 bits per heavy atom. The molecule has 3 N–H and O–H groups in total. The van der Waals surface area contributed by atoms with E-state index in [1.54, 1.807) is 0 Å². The van der Waals surface area contributed by atoms with E-state index in [-0.39, 0.29) is 6.04 Å². The van der Waals surface area contributed by atoms with E-state index in [0.29, 0.717) is 12.3 Å². The van der Waals surface area contributed by atoms with Gasteiger partial charge in [0.2, 0.25) is 0 Å². The van der Waals surface area contributed by atoms with Crippen LogP contribution in [-0.2, 0) is 0 Å². The van der Waals surface area contributed by atoms with Crippen LogP contribution >= 0.6 is 0 Å². The first-order chi connectivity index (χ1) is 10.3. The molecule has 0 fully saturated rings. The maximum Gasteiger partial charge on any atom is 0.144 e. The van der Waals surface area contributed by atoms with Crippen molar-refractivity contribution >= 4 is 11.4 Å². The zero-order valence-electron chi connectivity index (χ0n) is 12.1. The lowest BCUT2D eigenvalue weighted by Gasteiger charge is -2.27. The predicted molar refractivity (Wildman–Crippen MR) is 84.9 cm³/mol. The molecule has 0 amide bonds. The van der Waals surface area contributed by atoms with Crippen LogP contribution in [0.15, 0.2) is 42.5 Å². The molecule has 2 aromatic carbocycles. The number of nitrogens with one attached hydrogen (secondary N) is 1. The second-order valence-corrected chi connectivity index (χ2v) is 5.06. The second-order valence-electron chi connectivity index (χ2n) is 5.06. The number of ether oxygens (including phenoxy) is 2. The minimum Gasteiger partial charge on any atom is -0.493 e. The average Bonchev–Trinajstić information content (AvgIpc) is 2.51. The number of benzene rings is 2. The number of fused-ring (bicyclic) bond motifs is 1. The van der Waals surface area contributed by atoms with Gasteiger partial charge >= 0.3 is 0 Å². The van der Waals surface area contributed by atoms with Crippen LogP contribution in [0, 0.1) is 0 Å². The van der Waals surface area contributed by atoms with E-state index >= 15 is 0 Å². The summed E-state index contributed by atoms with van der Waals surface area (Å²) in [5, 5.41) is 3.55. The van der Waals surface area contributed by atoms with Crippen LogP contribution in [0.2, 0.25) is 0 Å². The van der Waals surface area contributed by atoms with Gasteiger partial charge in [-0.05, 0) is 25.1 Å². The summed E-state index contributed by atoms with van der Waals surface area (Å²) in [6.45, 7) is 3.28. The monoisotopic (exact) mass is 284 g/mol. The number of nitrogens with two attached hydrogens (primary N) is 1. The molecule has 2 aromatic rings. The minimum atomic E-state index is 0.244. The Morgan fingerprint density at radius 1 is 1.29 bits per heavy atom. The summed E-state index contributed by atoms with van der Waals surface area (Å²) in [6, 6.07) is 14.2. The highest BCUT2D eigenvalue weighted by Crippen LogP contribution is 2.35. The second kappa shape index (κ2) is 5.95. The molecule has 0 bridgehead atoms. The van der Waals surface area contributed by atoms with E-state index in [4.69, 9.17) is 15.2 Å². The Kier molecular flexibility index (Phi) is 3.86. The number of rotatable bonds is 4. The van der Waals surface area contributed by atoms with E-state index in [2.05, 4.69) is 11.4 Å². The van der Waals surface area contributed by atoms with Crippen molar-refractivity contribution in [1.29, 1.82) is 0 Å². The highest BCUT2D eigenvalue weighted by atomic mass is 16.5. The number of hydrogen-bond donors (Lipinski definition) is 2. The predicted octanol–water partition coefficient (Wildman–Crippen LogP) is 3.60. The number of hydrogen-bond acceptors (Lipinski definition) is 4. The van der Waals surface area contributed by atoms with Crippen molar-refractivity contribution < 1.29 is 9.47 Å². The van der Waals surface area contributed by atoms with Crippen molar-refractivity contribution in [2.45, 2.75) is 19.4 Å². The molecule has 1 aliphatic heterocycles. The number of para-hydroxylation sites is 1. The first kappa shape index (κ1) is 13.6. The summed E-state index contributed by atoms with van der Waals surface area (Å²) in [6.07, 6.45) is 0.936. The average molecular weight is 284 g/mol. The lowest BCUT2D eigenvalue weighted by molar-refractivity contribution is 0.274. The Balaban J connectivity index is 1.83. The molecule has 0 aliphatic carbocycles. The number of nitrogen functional groups attached to an aromatic ring is 1. The van der Waals surface area contributed by atoms with Crippen LogP contribution in [0.25, 0.3) is 0 Å². The Labute approximate surface area is 124 Å².